The van der Waals surface area contributed by atoms with Crippen LogP contribution in [-0.4, -0.2) is 39.7 Å². The molecule has 2 aromatic heterocycles. The number of Topliss-reactive ketones (excluding diaryl/α,β-unsaturated/α-hetero) is 1. The van der Waals surface area contributed by atoms with Crippen molar-refractivity contribution in [2.75, 3.05) is 19.6 Å². The molecule has 32 heavy (non-hydrogen) atoms. The molecule has 4 nitrogen and oxygen atoms in total. The second-order valence-electron chi connectivity index (χ2n) is 8.75. The van der Waals surface area contributed by atoms with Crippen molar-refractivity contribution in [2.45, 2.75) is 52.9 Å². The Morgan fingerprint density at radius 3 is 2.66 bits per heavy atom. The lowest BCUT2D eigenvalue weighted by molar-refractivity contribution is 0.0978. The minimum absolute atomic E-state index is 0.240. The van der Waals surface area contributed by atoms with E-state index in [0.29, 0.717) is 12.3 Å². The molecule has 0 saturated heterocycles. The number of carbonyl (C=O) groups is 1. The number of hydrogen-bond acceptors (Lipinski definition) is 4. The fraction of sp³-hybridized carbons (Fsp3) is 0.407. The van der Waals surface area contributed by atoms with Crippen molar-refractivity contribution in [2.24, 2.45) is 0 Å². The first-order valence-corrected chi connectivity index (χ1v) is 12.6. The van der Waals surface area contributed by atoms with Crippen LogP contribution in [0, 0.1) is 0 Å². The number of carbonyl (C=O) groups excluding carboxylic acids is 1. The SMILES string of the molecule is CCN(CC)CCCCC(=O)c1ccc2c(c1)sc1nc(-c3cccc(C(C)C)c3)cn12. The fourth-order valence-corrected chi connectivity index (χ4v) is 5.22. The predicted octanol–water partition coefficient (Wildman–Crippen LogP) is 7.03. The molecule has 4 rings (SSSR count). The van der Waals surface area contributed by atoms with E-state index in [0.717, 1.165) is 64.5 Å². The highest BCUT2D eigenvalue weighted by Crippen LogP contribution is 2.31. The van der Waals surface area contributed by atoms with Gasteiger partial charge in [-0.15, -0.1) is 0 Å². The van der Waals surface area contributed by atoms with Crippen LogP contribution in [0.15, 0.2) is 48.7 Å². The first-order chi connectivity index (χ1) is 15.5. The average molecular weight is 448 g/mol. The number of rotatable bonds is 10. The van der Waals surface area contributed by atoms with Crippen molar-refractivity contribution >= 4 is 32.3 Å². The van der Waals surface area contributed by atoms with Crippen molar-refractivity contribution < 1.29 is 4.79 Å². The zero-order valence-electron chi connectivity index (χ0n) is 19.6. The average Bonchev–Trinajstić information content (AvgIpc) is 3.36. The van der Waals surface area contributed by atoms with Gasteiger partial charge in [-0.3, -0.25) is 9.20 Å². The first-order valence-electron chi connectivity index (χ1n) is 11.8. The highest BCUT2D eigenvalue weighted by Gasteiger charge is 2.14. The van der Waals surface area contributed by atoms with Gasteiger partial charge >= 0.3 is 0 Å². The van der Waals surface area contributed by atoms with Crippen LogP contribution in [0.3, 0.4) is 0 Å². The highest BCUT2D eigenvalue weighted by molar-refractivity contribution is 7.23. The van der Waals surface area contributed by atoms with Crippen LogP contribution in [0.1, 0.15) is 68.8 Å². The number of imidazole rings is 1. The van der Waals surface area contributed by atoms with E-state index in [1.807, 2.05) is 12.1 Å². The molecular formula is C27H33N3OS. The Labute approximate surface area is 194 Å². The van der Waals surface area contributed by atoms with Gasteiger partial charge in [-0.1, -0.05) is 57.2 Å². The Balaban J connectivity index is 1.49. The predicted molar refractivity (Wildman–Crippen MR) is 136 cm³/mol. The molecule has 0 spiro atoms. The maximum atomic E-state index is 12.7. The number of hydrogen-bond donors (Lipinski definition) is 0. The van der Waals surface area contributed by atoms with E-state index in [2.05, 4.69) is 73.5 Å². The third-order valence-electron chi connectivity index (χ3n) is 6.29. The number of ketones is 1. The number of aromatic nitrogens is 2. The van der Waals surface area contributed by atoms with Crippen molar-refractivity contribution in [3.8, 4) is 11.3 Å². The van der Waals surface area contributed by atoms with E-state index < -0.39 is 0 Å². The molecule has 0 fully saturated rings. The first kappa shape index (κ1) is 22.7. The molecule has 0 bridgehead atoms. The molecule has 0 atom stereocenters. The molecule has 0 N–H and O–H groups in total. The summed E-state index contributed by atoms with van der Waals surface area (Å²) < 4.78 is 3.26. The molecule has 2 heterocycles. The Morgan fingerprint density at radius 2 is 1.91 bits per heavy atom. The van der Waals surface area contributed by atoms with Gasteiger partial charge in [-0.05, 0) is 68.2 Å². The van der Waals surface area contributed by atoms with Gasteiger partial charge in [0, 0.05) is 23.7 Å². The fourth-order valence-electron chi connectivity index (χ4n) is 4.18. The van der Waals surface area contributed by atoms with Crippen LogP contribution in [0.2, 0.25) is 0 Å². The lowest BCUT2D eigenvalue weighted by Crippen LogP contribution is -2.24. The molecule has 0 aliphatic carbocycles. The second-order valence-corrected chi connectivity index (χ2v) is 9.76. The molecule has 0 amide bonds. The second kappa shape index (κ2) is 9.97. The summed E-state index contributed by atoms with van der Waals surface area (Å²) in [6, 6.07) is 14.7. The number of nitrogens with zero attached hydrogens (tertiary/aromatic N) is 3. The van der Waals surface area contributed by atoms with E-state index in [9.17, 15) is 4.79 Å². The van der Waals surface area contributed by atoms with Crippen LogP contribution in [0.4, 0.5) is 0 Å². The van der Waals surface area contributed by atoms with Gasteiger partial charge in [0.05, 0.1) is 15.9 Å². The quantitative estimate of drug-likeness (QED) is 0.193. The van der Waals surface area contributed by atoms with Gasteiger partial charge in [-0.25, -0.2) is 4.98 Å². The smallest absolute Gasteiger partial charge is 0.195 e. The van der Waals surface area contributed by atoms with Gasteiger partial charge in [0.2, 0.25) is 0 Å². The zero-order chi connectivity index (χ0) is 22.7. The molecule has 0 aliphatic heterocycles. The zero-order valence-corrected chi connectivity index (χ0v) is 20.4. The lowest BCUT2D eigenvalue weighted by atomic mass is 10.00. The van der Waals surface area contributed by atoms with Crippen LogP contribution in [-0.2, 0) is 0 Å². The summed E-state index contributed by atoms with van der Waals surface area (Å²) in [7, 11) is 0. The van der Waals surface area contributed by atoms with E-state index in [1.165, 1.54) is 5.56 Å². The minimum atomic E-state index is 0.240. The van der Waals surface area contributed by atoms with Gasteiger partial charge in [-0.2, -0.15) is 0 Å². The summed E-state index contributed by atoms with van der Waals surface area (Å²) in [5.74, 6) is 0.733. The van der Waals surface area contributed by atoms with E-state index >= 15 is 0 Å². The monoisotopic (exact) mass is 447 g/mol. The summed E-state index contributed by atoms with van der Waals surface area (Å²) in [5, 5.41) is 0. The van der Waals surface area contributed by atoms with Crippen molar-refractivity contribution in [1.29, 1.82) is 0 Å². The molecule has 5 heteroatoms. The van der Waals surface area contributed by atoms with Gasteiger partial charge < -0.3 is 4.90 Å². The van der Waals surface area contributed by atoms with Crippen LogP contribution < -0.4 is 0 Å². The van der Waals surface area contributed by atoms with Crippen molar-refractivity contribution in [1.82, 2.24) is 14.3 Å². The summed E-state index contributed by atoms with van der Waals surface area (Å²) in [5.41, 5.74) is 5.39. The minimum Gasteiger partial charge on any atom is -0.304 e. The molecule has 2 aromatic carbocycles. The third kappa shape index (κ3) is 4.79. The highest BCUT2D eigenvalue weighted by atomic mass is 32.1. The van der Waals surface area contributed by atoms with Crippen molar-refractivity contribution in [3.05, 3.63) is 59.8 Å². The van der Waals surface area contributed by atoms with E-state index in [4.69, 9.17) is 4.98 Å². The van der Waals surface area contributed by atoms with Gasteiger partial charge in [0.15, 0.2) is 10.7 Å². The summed E-state index contributed by atoms with van der Waals surface area (Å²) >= 11 is 1.65. The lowest BCUT2D eigenvalue weighted by Gasteiger charge is -2.17. The Morgan fingerprint density at radius 1 is 1.09 bits per heavy atom. The van der Waals surface area contributed by atoms with Crippen LogP contribution in [0.5, 0.6) is 0 Å². The Bertz CT molecular complexity index is 1220. The van der Waals surface area contributed by atoms with E-state index in [1.54, 1.807) is 11.3 Å². The molecular weight excluding hydrogens is 414 g/mol. The normalized spacial score (nSPS) is 11.9. The number of unbranched alkanes of at least 4 members (excludes halogenated alkanes) is 1. The van der Waals surface area contributed by atoms with Crippen LogP contribution in [0.25, 0.3) is 26.4 Å². The molecule has 0 radical (unpaired) electrons. The standard InChI is InChI=1S/C27H33N3OS/c1-5-29(6-2)15-8-7-12-25(31)22-13-14-24-26(17-22)32-27-28-23(18-30(24)27)21-11-9-10-20(16-21)19(3)4/h9-11,13-14,16-19H,5-8,12,15H2,1-4H3. The molecule has 168 valence electrons. The third-order valence-corrected chi connectivity index (χ3v) is 7.31. The number of fused-ring (bicyclic) bond motifs is 3. The molecule has 0 saturated carbocycles. The van der Waals surface area contributed by atoms with Crippen molar-refractivity contribution in [3.63, 3.8) is 0 Å². The largest absolute Gasteiger partial charge is 0.304 e. The molecule has 0 unspecified atom stereocenters. The van der Waals surface area contributed by atoms with E-state index in [-0.39, 0.29) is 5.78 Å². The molecule has 0 aliphatic rings. The number of benzene rings is 2. The number of thiazole rings is 1. The Kier molecular flexibility index (Phi) is 7.07. The van der Waals surface area contributed by atoms with Gasteiger partial charge in [0.1, 0.15) is 0 Å². The van der Waals surface area contributed by atoms with Gasteiger partial charge in [0.25, 0.3) is 0 Å². The molecule has 4 aromatic rings. The summed E-state index contributed by atoms with van der Waals surface area (Å²) in [6.45, 7) is 12.0. The summed E-state index contributed by atoms with van der Waals surface area (Å²) in [6.07, 6.45) is 4.75. The Hall–Kier alpha value is -2.50. The van der Waals surface area contributed by atoms with Crippen LogP contribution >= 0.6 is 11.3 Å². The topological polar surface area (TPSA) is 37.6 Å². The maximum absolute atomic E-state index is 12.7. The summed E-state index contributed by atoms with van der Waals surface area (Å²) in [4.78, 5) is 21.0. The maximum Gasteiger partial charge on any atom is 0.195 e.